The SMILES string of the molecule is COCCCOc1cc(C(=O)N(CC2CN(C(=O)OC(C)(C)C)CC2Oc2ccc(C(F)(F)F)cc2)C(C)C)ccc1OC. The summed E-state index contributed by atoms with van der Waals surface area (Å²) in [4.78, 5) is 30.0. The first kappa shape index (κ1) is 34.8. The van der Waals surface area contributed by atoms with Crippen molar-refractivity contribution in [1.82, 2.24) is 9.80 Å². The molecule has 12 heteroatoms. The average molecular weight is 625 g/mol. The number of nitrogens with zero attached hydrogens (tertiary/aromatic N) is 2. The second kappa shape index (κ2) is 14.9. The molecule has 0 bridgehead atoms. The van der Waals surface area contributed by atoms with Crippen molar-refractivity contribution in [3.63, 3.8) is 0 Å². The van der Waals surface area contributed by atoms with Crippen LogP contribution in [0.4, 0.5) is 18.0 Å². The fourth-order valence-corrected chi connectivity index (χ4v) is 4.78. The second-order valence-corrected chi connectivity index (χ2v) is 11.9. The lowest BCUT2D eigenvalue weighted by atomic mass is 10.0. The number of carbonyl (C=O) groups excluding carboxylic acids is 2. The maximum Gasteiger partial charge on any atom is 0.416 e. The summed E-state index contributed by atoms with van der Waals surface area (Å²) in [6.45, 7) is 10.5. The van der Waals surface area contributed by atoms with Gasteiger partial charge in [0.25, 0.3) is 5.91 Å². The molecule has 44 heavy (non-hydrogen) atoms. The summed E-state index contributed by atoms with van der Waals surface area (Å²) in [5.74, 6) is 0.530. The molecule has 1 aliphatic heterocycles. The first-order valence-electron chi connectivity index (χ1n) is 14.6. The van der Waals surface area contributed by atoms with Crippen molar-refractivity contribution in [2.24, 2.45) is 5.92 Å². The van der Waals surface area contributed by atoms with E-state index in [-0.39, 0.29) is 43.3 Å². The van der Waals surface area contributed by atoms with Crippen LogP contribution in [0.1, 0.15) is 57.0 Å². The van der Waals surface area contributed by atoms with Crippen LogP contribution in [-0.2, 0) is 15.7 Å². The second-order valence-electron chi connectivity index (χ2n) is 11.9. The maximum absolute atomic E-state index is 13.9. The highest BCUT2D eigenvalue weighted by Gasteiger charge is 2.41. The van der Waals surface area contributed by atoms with Gasteiger partial charge in [0.1, 0.15) is 17.5 Å². The fraction of sp³-hybridized carbons (Fsp3) is 0.562. The lowest BCUT2D eigenvalue weighted by Gasteiger charge is -2.31. The van der Waals surface area contributed by atoms with Gasteiger partial charge in [-0.3, -0.25) is 4.79 Å². The zero-order valence-electron chi connectivity index (χ0n) is 26.4. The predicted molar refractivity (Wildman–Crippen MR) is 158 cm³/mol. The highest BCUT2D eigenvalue weighted by molar-refractivity contribution is 5.95. The Labute approximate surface area is 257 Å². The van der Waals surface area contributed by atoms with Crippen LogP contribution in [0, 0.1) is 5.92 Å². The molecule has 0 aromatic heterocycles. The minimum absolute atomic E-state index is 0.142. The van der Waals surface area contributed by atoms with Gasteiger partial charge in [0.15, 0.2) is 11.5 Å². The van der Waals surface area contributed by atoms with Gasteiger partial charge >= 0.3 is 12.3 Å². The number of carbonyl (C=O) groups is 2. The molecule has 2 aromatic rings. The Hall–Kier alpha value is -3.67. The Balaban J connectivity index is 1.85. The summed E-state index contributed by atoms with van der Waals surface area (Å²) < 4.78 is 67.4. The van der Waals surface area contributed by atoms with Crippen molar-refractivity contribution in [1.29, 1.82) is 0 Å². The van der Waals surface area contributed by atoms with Crippen LogP contribution < -0.4 is 14.2 Å². The molecule has 2 amide bonds. The van der Waals surface area contributed by atoms with Crippen LogP contribution >= 0.6 is 0 Å². The number of rotatable bonds is 12. The molecule has 3 rings (SSSR count). The highest BCUT2D eigenvalue weighted by atomic mass is 19.4. The van der Waals surface area contributed by atoms with Gasteiger partial charge in [-0.25, -0.2) is 4.79 Å². The van der Waals surface area contributed by atoms with Crippen LogP contribution in [0.15, 0.2) is 42.5 Å². The lowest BCUT2D eigenvalue weighted by Crippen LogP contribution is -2.44. The Morgan fingerprint density at radius 1 is 0.977 bits per heavy atom. The molecular formula is C32H43F3N2O7. The first-order valence-corrected chi connectivity index (χ1v) is 14.6. The molecular weight excluding hydrogens is 581 g/mol. The zero-order chi connectivity index (χ0) is 32.7. The van der Waals surface area contributed by atoms with Gasteiger partial charge in [-0.15, -0.1) is 0 Å². The summed E-state index contributed by atoms with van der Waals surface area (Å²) in [5, 5.41) is 0. The lowest BCUT2D eigenvalue weighted by molar-refractivity contribution is -0.137. The van der Waals surface area contributed by atoms with Gasteiger partial charge in [0.05, 0.1) is 25.8 Å². The highest BCUT2D eigenvalue weighted by Crippen LogP contribution is 2.33. The standard InChI is InChI=1S/C32H43F3N2O7/c1-21(2)37(29(38)22-9-14-26(41-7)27(17-22)42-16-8-15-40-6)19-23-18-36(30(39)44-31(3,4)5)20-28(23)43-25-12-10-24(11-13-25)32(33,34)35/h9-14,17,21,23,28H,8,15-16,18-20H2,1-7H3. The molecule has 9 nitrogen and oxygen atoms in total. The number of methoxy groups -OCH3 is 2. The minimum atomic E-state index is -4.48. The van der Waals surface area contributed by atoms with E-state index >= 15 is 0 Å². The minimum Gasteiger partial charge on any atom is -0.493 e. The molecule has 0 saturated carbocycles. The van der Waals surface area contributed by atoms with E-state index in [0.29, 0.717) is 36.7 Å². The van der Waals surface area contributed by atoms with Gasteiger partial charge in [0.2, 0.25) is 0 Å². The van der Waals surface area contributed by atoms with E-state index < -0.39 is 29.5 Å². The van der Waals surface area contributed by atoms with Crippen molar-refractivity contribution < 1.29 is 46.4 Å². The molecule has 244 valence electrons. The normalized spacial score (nSPS) is 17.0. The quantitative estimate of drug-likeness (QED) is 0.257. The van der Waals surface area contributed by atoms with E-state index in [4.69, 9.17) is 23.7 Å². The molecule has 1 saturated heterocycles. The van der Waals surface area contributed by atoms with Gasteiger partial charge in [-0.05, 0) is 77.1 Å². The van der Waals surface area contributed by atoms with Crippen molar-refractivity contribution in [2.45, 2.75) is 65.0 Å². The third-order valence-corrected chi connectivity index (χ3v) is 6.98. The van der Waals surface area contributed by atoms with Crippen molar-refractivity contribution in [3.8, 4) is 17.2 Å². The van der Waals surface area contributed by atoms with E-state index in [0.717, 1.165) is 12.1 Å². The molecule has 2 unspecified atom stereocenters. The molecule has 2 aromatic carbocycles. The third kappa shape index (κ3) is 9.67. The summed E-state index contributed by atoms with van der Waals surface area (Å²) in [5.41, 5.74) is -1.12. The molecule has 1 heterocycles. The number of halogens is 3. The maximum atomic E-state index is 13.9. The number of hydrogen-bond acceptors (Lipinski definition) is 7. The van der Waals surface area contributed by atoms with E-state index in [1.54, 1.807) is 51.0 Å². The van der Waals surface area contributed by atoms with Crippen molar-refractivity contribution in [2.75, 3.05) is 47.1 Å². The molecule has 1 fully saturated rings. The van der Waals surface area contributed by atoms with E-state index in [9.17, 15) is 22.8 Å². The average Bonchev–Trinajstić information content (AvgIpc) is 3.34. The number of likely N-dealkylation sites (tertiary alicyclic amines) is 1. The number of alkyl halides is 3. The summed E-state index contributed by atoms with van der Waals surface area (Å²) in [7, 11) is 3.13. The first-order chi connectivity index (χ1) is 20.6. The Bertz CT molecular complexity index is 1250. The van der Waals surface area contributed by atoms with Crippen molar-refractivity contribution in [3.05, 3.63) is 53.6 Å². The van der Waals surface area contributed by atoms with Crippen LogP contribution in [0.5, 0.6) is 17.2 Å². The number of hydrogen-bond donors (Lipinski definition) is 0. The Kier molecular flexibility index (Phi) is 11.8. The van der Waals surface area contributed by atoms with Gasteiger partial charge in [0, 0.05) is 50.8 Å². The van der Waals surface area contributed by atoms with Crippen molar-refractivity contribution >= 4 is 12.0 Å². The van der Waals surface area contributed by atoms with Gasteiger partial charge in [-0.1, -0.05) is 0 Å². The monoisotopic (exact) mass is 624 g/mol. The van der Waals surface area contributed by atoms with Crippen LogP contribution in [0.25, 0.3) is 0 Å². The van der Waals surface area contributed by atoms with Crippen LogP contribution in [0.2, 0.25) is 0 Å². The number of ether oxygens (including phenoxy) is 5. The molecule has 0 spiro atoms. The van der Waals surface area contributed by atoms with Crippen LogP contribution in [0.3, 0.4) is 0 Å². The molecule has 0 N–H and O–H groups in total. The zero-order valence-corrected chi connectivity index (χ0v) is 26.4. The van der Waals surface area contributed by atoms with Gasteiger partial charge in [-0.2, -0.15) is 13.2 Å². The summed E-state index contributed by atoms with van der Waals surface area (Å²) in [6, 6.07) is 9.17. The summed E-state index contributed by atoms with van der Waals surface area (Å²) in [6.07, 6.45) is -4.96. The number of amides is 2. The molecule has 0 aliphatic carbocycles. The molecule has 1 aliphatic rings. The van der Waals surface area contributed by atoms with Gasteiger partial charge < -0.3 is 33.5 Å². The van der Waals surface area contributed by atoms with Crippen LogP contribution in [-0.4, -0.2) is 86.6 Å². The molecule has 0 radical (unpaired) electrons. The smallest absolute Gasteiger partial charge is 0.416 e. The molecule has 2 atom stereocenters. The van der Waals surface area contributed by atoms with E-state index in [1.807, 2.05) is 13.8 Å². The Morgan fingerprint density at radius 3 is 2.23 bits per heavy atom. The van der Waals surface area contributed by atoms with E-state index in [2.05, 4.69) is 0 Å². The Morgan fingerprint density at radius 2 is 1.66 bits per heavy atom. The summed E-state index contributed by atoms with van der Waals surface area (Å²) >= 11 is 0. The largest absolute Gasteiger partial charge is 0.493 e. The van der Waals surface area contributed by atoms with E-state index in [1.165, 1.54) is 24.1 Å². The number of benzene rings is 2. The predicted octanol–water partition coefficient (Wildman–Crippen LogP) is 6.29. The third-order valence-electron chi connectivity index (χ3n) is 6.98. The topological polar surface area (TPSA) is 86.8 Å². The fourth-order valence-electron chi connectivity index (χ4n) is 4.78.